The topological polar surface area (TPSA) is 70.7 Å². The van der Waals surface area contributed by atoms with Gasteiger partial charge in [0.2, 0.25) is 0 Å². The van der Waals surface area contributed by atoms with Crippen molar-refractivity contribution < 1.29 is 9.32 Å². The average molecular weight is 328 g/mol. The van der Waals surface area contributed by atoms with Gasteiger partial charge in [-0.2, -0.15) is 0 Å². The molecule has 3 aliphatic rings. The Labute approximate surface area is 142 Å². The van der Waals surface area contributed by atoms with Crippen LogP contribution in [-0.2, 0) is 0 Å². The highest BCUT2D eigenvalue weighted by atomic mass is 16.5. The molecule has 1 saturated carbocycles. The van der Waals surface area contributed by atoms with E-state index < -0.39 is 0 Å². The molecule has 0 bridgehead atoms. The molecule has 2 atom stereocenters. The van der Waals surface area contributed by atoms with E-state index in [1.165, 1.54) is 5.57 Å². The molecule has 0 aromatic carbocycles. The van der Waals surface area contributed by atoms with Gasteiger partial charge in [-0.1, -0.05) is 12.1 Å². The summed E-state index contributed by atoms with van der Waals surface area (Å²) < 4.78 is 5.28. The first-order valence-corrected chi connectivity index (χ1v) is 8.81. The zero-order valence-electron chi connectivity index (χ0n) is 14.3. The smallest absolute Gasteiger partial charge is 0.273 e. The zero-order valence-corrected chi connectivity index (χ0v) is 14.3. The molecular formula is C18H24N4O2. The Morgan fingerprint density at radius 1 is 1.42 bits per heavy atom. The van der Waals surface area contributed by atoms with Gasteiger partial charge >= 0.3 is 0 Å². The lowest BCUT2D eigenvalue weighted by molar-refractivity contribution is 0.0922. The number of carbonyl (C=O) groups is 1. The highest BCUT2D eigenvalue weighted by Crippen LogP contribution is 2.40. The fourth-order valence-corrected chi connectivity index (χ4v) is 3.56. The molecule has 1 N–H and O–H groups in total. The summed E-state index contributed by atoms with van der Waals surface area (Å²) in [5, 5.41) is 7.07. The fraction of sp³-hybridized carbons (Fsp3) is 0.611. The van der Waals surface area contributed by atoms with Crippen LogP contribution in [0, 0.1) is 5.92 Å². The van der Waals surface area contributed by atoms with Crippen LogP contribution in [0.3, 0.4) is 0 Å². The normalized spacial score (nSPS) is 27.2. The molecule has 3 heterocycles. The number of hydrogen-bond donors (Lipinski definition) is 1. The Hall–Kier alpha value is -1.95. The Bertz CT molecular complexity index is 702. The number of amides is 1. The van der Waals surface area contributed by atoms with Gasteiger partial charge in [0.25, 0.3) is 5.91 Å². The van der Waals surface area contributed by atoms with Gasteiger partial charge in [-0.15, -0.1) is 0 Å². The number of allylic oxidation sites excluding steroid dienone is 1. The molecule has 6 heteroatoms. The van der Waals surface area contributed by atoms with Crippen molar-refractivity contribution in [2.24, 2.45) is 10.9 Å². The van der Waals surface area contributed by atoms with Gasteiger partial charge in [0, 0.05) is 56.0 Å². The van der Waals surface area contributed by atoms with Crippen LogP contribution in [0.5, 0.6) is 0 Å². The minimum Gasteiger partial charge on any atom is -0.360 e. The van der Waals surface area contributed by atoms with E-state index in [1.807, 2.05) is 6.21 Å². The lowest BCUT2D eigenvalue weighted by Crippen LogP contribution is -2.40. The van der Waals surface area contributed by atoms with Crippen molar-refractivity contribution in [2.75, 3.05) is 19.6 Å². The van der Waals surface area contributed by atoms with E-state index >= 15 is 0 Å². The third-order valence-corrected chi connectivity index (χ3v) is 5.29. The molecule has 1 aromatic rings. The van der Waals surface area contributed by atoms with E-state index in [4.69, 9.17) is 4.52 Å². The van der Waals surface area contributed by atoms with Crippen LogP contribution < -0.4 is 5.32 Å². The van der Waals surface area contributed by atoms with Gasteiger partial charge in [-0.3, -0.25) is 14.7 Å². The quantitative estimate of drug-likeness (QED) is 0.901. The van der Waals surface area contributed by atoms with E-state index in [9.17, 15) is 4.79 Å². The predicted molar refractivity (Wildman–Crippen MR) is 91.1 cm³/mol. The summed E-state index contributed by atoms with van der Waals surface area (Å²) in [4.78, 5) is 19.2. The van der Waals surface area contributed by atoms with E-state index in [1.54, 1.807) is 6.07 Å². The van der Waals surface area contributed by atoms with Gasteiger partial charge in [-0.25, -0.2) is 0 Å². The second kappa shape index (κ2) is 6.16. The number of aliphatic imine (C=N–C) groups is 1. The molecule has 0 unspecified atom stereocenters. The van der Waals surface area contributed by atoms with Crippen molar-refractivity contribution in [3.8, 4) is 0 Å². The van der Waals surface area contributed by atoms with Crippen LogP contribution in [0.4, 0.5) is 0 Å². The SMILES string of the molecule is CC1=C(CN2C[C@H](C)[C@H](NC(=O)c3cc(C4CC4)on3)C2)CC=N1. The van der Waals surface area contributed by atoms with Crippen LogP contribution in [-0.4, -0.2) is 47.9 Å². The standard InChI is InChI=1S/C18H24N4O2/c1-11-8-22(9-14-5-6-19-12(14)2)10-16(11)20-18(23)15-7-17(24-21-15)13-3-4-13/h6-7,11,13,16H,3-5,8-10H2,1-2H3,(H,20,23)/t11-,16+/m0/s1. The molecule has 4 rings (SSSR count). The first-order valence-electron chi connectivity index (χ1n) is 8.81. The number of rotatable bonds is 5. The number of hydrogen-bond acceptors (Lipinski definition) is 5. The summed E-state index contributed by atoms with van der Waals surface area (Å²) in [6.07, 6.45) is 5.22. The van der Waals surface area contributed by atoms with Crippen LogP contribution >= 0.6 is 0 Å². The van der Waals surface area contributed by atoms with Crippen molar-refractivity contribution >= 4 is 12.1 Å². The van der Waals surface area contributed by atoms with Crippen LogP contribution in [0.2, 0.25) is 0 Å². The molecule has 1 aliphatic carbocycles. The highest BCUT2D eigenvalue weighted by molar-refractivity contribution is 5.92. The van der Waals surface area contributed by atoms with Crippen LogP contribution in [0.15, 0.2) is 26.9 Å². The number of nitrogens with zero attached hydrogens (tertiary/aromatic N) is 3. The number of likely N-dealkylation sites (tertiary alicyclic amines) is 1. The largest absolute Gasteiger partial charge is 0.360 e. The fourth-order valence-electron chi connectivity index (χ4n) is 3.56. The predicted octanol–water partition coefficient (Wildman–Crippen LogP) is 2.35. The van der Waals surface area contributed by atoms with Gasteiger partial charge < -0.3 is 9.84 Å². The van der Waals surface area contributed by atoms with E-state index in [0.29, 0.717) is 17.5 Å². The lowest BCUT2D eigenvalue weighted by atomic mass is 10.1. The minimum absolute atomic E-state index is 0.121. The molecule has 24 heavy (non-hydrogen) atoms. The third-order valence-electron chi connectivity index (χ3n) is 5.29. The summed E-state index contributed by atoms with van der Waals surface area (Å²) in [5.41, 5.74) is 2.94. The lowest BCUT2D eigenvalue weighted by Gasteiger charge is -2.17. The first-order chi connectivity index (χ1) is 11.6. The van der Waals surface area contributed by atoms with Crippen molar-refractivity contribution in [1.82, 2.24) is 15.4 Å². The monoisotopic (exact) mass is 328 g/mol. The van der Waals surface area contributed by atoms with Crippen molar-refractivity contribution in [3.05, 3.63) is 28.8 Å². The third kappa shape index (κ3) is 3.15. The minimum atomic E-state index is -0.121. The first kappa shape index (κ1) is 15.6. The second-order valence-corrected chi connectivity index (χ2v) is 7.34. The zero-order chi connectivity index (χ0) is 16.7. The Morgan fingerprint density at radius 3 is 2.96 bits per heavy atom. The molecule has 2 fully saturated rings. The van der Waals surface area contributed by atoms with Crippen LogP contribution in [0.25, 0.3) is 0 Å². The molecule has 1 saturated heterocycles. The Morgan fingerprint density at radius 2 is 2.25 bits per heavy atom. The van der Waals surface area contributed by atoms with Gasteiger partial charge in [0.05, 0.1) is 0 Å². The van der Waals surface area contributed by atoms with E-state index in [-0.39, 0.29) is 11.9 Å². The number of aromatic nitrogens is 1. The van der Waals surface area contributed by atoms with Gasteiger partial charge in [-0.05, 0) is 31.3 Å². The summed E-state index contributed by atoms with van der Waals surface area (Å²) in [6.45, 7) is 7.07. The summed E-state index contributed by atoms with van der Waals surface area (Å²) in [6, 6.07) is 1.95. The van der Waals surface area contributed by atoms with Crippen molar-refractivity contribution in [1.29, 1.82) is 0 Å². The molecule has 1 amide bonds. The Kier molecular flexibility index (Phi) is 4.00. The average Bonchev–Trinajstić information content (AvgIpc) is 2.98. The van der Waals surface area contributed by atoms with E-state index in [0.717, 1.165) is 50.4 Å². The molecule has 1 aromatic heterocycles. The summed E-state index contributed by atoms with van der Waals surface area (Å²) in [5.74, 6) is 1.63. The molecule has 2 aliphatic heterocycles. The maximum atomic E-state index is 12.4. The number of carbonyl (C=O) groups excluding carboxylic acids is 1. The Balaban J connectivity index is 1.34. The molecule has 128 valence electrons. The molecule has 6 nitrogen and oxygen atoms in total. The van der Waals surface area contributed by atoms with Crippen LogP contribution in [0.1, 0.15) is 55.3 Å². The highest BCUT2D eigenvalue weighted by Gasteiger charge is 2.33. The molecule has 0 radical (unpaired) electrons. The van der Waals surface area contributed by atoms with Crippen molar-refractivity contribution in [3.63, 3.8) is 0 Å². The number of nitrogens with one attached hydrogen (secondary N) is 1. The summed E-state index contributed by atoms with van der Waals surface area (Å²) >= 11 is 0. The van der Waals surface area contributed by atoms with Crippen molar-refractivity contribution in [2.45, 2.75) is 45.1 Å². The molecule has 0 spiro atoms. The maximum absolute atomic E-state index is 12.4. The second-order valence-electron chi connectivity index (χ2n) is 7.34. The molecular weight excluding hydrogens is 304 g/mol. The van der Waals surface area contributed by atoms with E-state index in [2.05, 4.69) is 34.2 Å². The van der Waals surface area contributed by atoms with Gasteiger partial charge in [0.15, 0.2) is 5.69 Å². The summed E-state index contributed by atoms with van der Waals surface area (Å²) in [7, 11) is 0. The van der Waals surface area contributed by atoms with Gasteiger partial charge in [0.1, 0.15) is 5.76 Å². The maximum Gasteiger partial charge on any atom is 0.273 e.